The maximum absolute atomic E-state index is 13.8. The lowest BCUT2D eigenvalue weighted by molar-refractivity contribution is -0.143. The molecule has 0 radical (unpaired) electrons. The van der Waals surface area contributed by atoms with Crippen molar-refractivity contribution >= 4 is 17.4 Å². The third-order valence-corrected chi connectivity index (χ3v) is 8.72. The van der Waals surface area contributed by atoms with Gasteiger partial charge in [-0.25, -0.2) is 0 Å². The molecule has 5 heteroatoms. The van der Waals surface area contributed by atoms with Crippen LogP contribution in [0.4, 0.5) is 5.69 Å². The number of ketones is 1. The maximum atomic E-state index is 13.8. The number of aryl methyl sites for hydroxylation is 3. The van der Waals surface area contributed by atoms with Crippen LogP contribution in [0.15, 0.2) is 91.0 Å². The Morgan fingerprint density at radius 3 is 2.02 bits per heavy atom. The average Bonchev–Trinajstić information content (AvgIpc) is 3.38. The Kier molecular flexibility index (Phi) is 13.5. The van der Waals surface area contributed by atoms with Crippen molar-refractivity contribution in [2.75, 3.05) is 18.5 Å². The molecule has 4 aromatic rings. The second-order valence-corrected chi connectivity index (χ2v) is 12.0. The van der Waals surface area contributed by atoms with Gasteiger partial charge in [-0.15, -0.1) is 0 Å². The Labute approximate surface area is 270 Å². The Balaban J connectivity index is 1.39. The number of aromatic nitrogens is 1. The van der Waals surface area contributed by atoms with Crippen LogP contribution in [0.2, 0.25) is 0 Å². The van der Waals surface area contributed by atoms with Gasteiger partial charge in [0.05, 0.1) is 6.61 Å². The van der Waals surface area contributed by atoms with Gasteiger partial charge in [0.1, 0.15) is 0 Å². The number of anilines is 1. The summed E-state index contributed by atoms with van der Waals surface area (Å²) in [6.07, 6.45) is 9.43. The van der Waals surface area contributed by atoms with Crippen molar-refractivity contribution in [2.45, 2.75) is 78.1 Å². The number of carbonyl (C=O) groups excluding carboxylic acids is 2. The average molecular weight is 607 g/mol. The zero-order valence-corrected chi connectivity index (χ0v) is 27.4. The van der Waals surface area contributed by atoms with Crippen molar-refractivity contribution in [3.05, 3.63) is 125 Å². The standard InChI is InChI=1S/C40H50N2O3/c1-4-38-37(29-36(42(38)3)26-15-27-39(43)45-5-2)40(44)34-24-14-25-35(28-34)41-30-33(22-12-20-31-16-8-6-9-17-31)23-13-21-32-18-10-7-11-19-32/h6-11,14,16-19,24-25,28-29,33,41H,4-5,12-13,15,20-23,26-27,30H2,1-3H3. The Morgan fingerprint density at radius 2 is 1.42 bits per heavy atom. The summed E-state index contributed by atoms with van der Waals surface area (Å²) in [7, 11) is 2.02. The van der Waals surface area contributed by atoms with E-state index in [1.54, 1.807) is 0 Å². The maximum Gasteiger partial charge on any atom is 0.305 e. The summed E-state index contributed by atoms with van der Waals surface area (Å²) in [5, 5.41) is 3.68. The molecule has 238 valence electrons. The van der Waals surface area contributed by atoms with Crippen LogP contribution in [0.3, 0.4) is 0 Å². The Morgan fingerprint density at radius 1 is 0.778 bits per heavy atom. The second-order valence-electron chi connectivity index (χ2n) is 12.0. The summed E-state index contributed by atoms with van der Waals surface area (Å²) >= 11 is 0. The molecule has 3 aromatic carbocycles. The molecule has 0 amide bonds. The summed E-state index contributed by atoms with van der Waals surface area (Å²) in [5.74, 6) is 0.428. The van der Waals surface area contributed by atoms with E-state index in [1.165, 1.54) is 11.1 Å². The minimum absolute atomic E-state index is 0.0463. The fourth-order valence-corrected chi connectivity index (χ4v) is 6.23. The fourth-order valence-electron chi connectivity index (χ4n) is 6.23. The lowest BCUT2D eigenvalue weighted by Crippen LogP contribution is -2.15. The van der Waals surface area contributed by atoms with E-state index in [-0.39, 0.29) is 11.8 Å². The number of nitrogens with zero attached hydrogens (tertiary/aromatic N) is 1. The van der Waals surface area contributed by atoms with Gasteiger partial charge in [0.15, 0.2) is 5.78 Å². The van der Waals surface area contributed by atoms with Gasteiger partial charge in [0.2, 0.25) is 0 Å². The number of hydrogen-bond acceptors (Lipinski definition) is 4. The van der Waals surface area contributed by atoms with Gasteiger partial charge in [0, 0.05) is 48.2 Å². The predicted octanol–water partition coefficient (Wildman–Crippen LogP) is 8.78. The number of benzene rings is 3. The van der Waals surface area contributed by atoms with E-state index in [4.69, 9.17) is 4.74 Å². The first-order chi connectivity index (χ1) is 22.0. The summed E-state index contributed by atoms with van der Waals surface area (Å²) in [5.41, 5.74) is 7.33. The first kappa shape index (κ1) is 33.8. The van der Waals surface area contributed by atoms with Crippen molar-refractivity contribution in [2.24, 2.45) is 13.0 Å². The van der Waals surface area contributed by atoms with Crippen LogP contribution < -0.4 is 5.32 Å². The first-order valence-electron chi connectivity index (χ1n) is 16.8. The third kappa shape index (κ3) is 10.5. The van der Waals surface area contributed by atoms with Crippen molar-refractivity contribution in [3.63, 3.8) is 0 Å². The van der Waals surface area contributed by atoms with Gasteiger partial charge in [0.25, 0.3) is 0 Å². The Hall–Kier alpha value is -4.12. The molecule has 0 saturated heterocycles. The van der Waals surface area contributed by atoms with Gasteiger partial charge < -0.3 is 14.6 Å². The highest BCUT2D eigenvalue weighted by Gasteiger charge is 2.20. The number of rotatable bonds is 19. The summed E-state index contributed by atoms with van der Waals surface area (Å²) < 4.78 is 7.19. The number of ether oxygens (including phenoxy) is 1. The van der Waals surface area contributed by atoms with E-state index in [2.05, 4.69) is 83.5 Å². The van der Waals surface area contributed by atoms with E-state index in [9.17, 15) is 9.59 Å². The summed E-state index contributed by atoms with van der Waals surface area (Å²) in [6.45, 7) is 5.20. The number of hydrogen-bond donors (Lipinski definition) is 1. The molecule has 0 atom stereocenters. The topological polar surface area (TPSA) is 60.3 Å². The Bertz CT molecular complexity index is 1430. The molecule has 4 rings (SSSR count). The molecule has 45 heavy (non-hydrogen) atoms. The molecule has 0 spiro atoms. The van der Waals surface area contributed by atoms with Crippen LogP contribution in [-0.4, -0.2) is 29.5 Å². The van der Waals surface area contributed by atoms with Crippen molar-refractivity contribution in [3.8, 4) is 0 Å². The van der Waals surface area contributed by atoms with Crippen molar-refractivity contribution < 1.29 is 14.3 Å². The van der Waals surface area contributed by atoms with Gasteiger partial charge in [-0.2, -0.15) is 0 Å². The SMILES string of the molecule is CCOC(=O)CCCc1cc(C(=O)c2cccc(NCC(CCCc3ccccc3)CCCc3ccccc3)c2)c(CC)n1C. The van der Waals surface area contributed by atoms with E-state index >= 15 is 0 Å². The first-order valence-corrected chi connectivity index (χ1v) is 16.8. The molecular formula is C40H50N2O3. The van der Waals surface area contributed by atoms with Crippen LogP contribution in [0, 0.1) is 5.92 Å². The molecule has 5 nitrogen and oxygen atoms in total. The zero-order valence-electron chi connectivity index (χ0n) is 27.4. The molecular weight excluding hydrogens is 556 g/mol. The lowest BCUT2D eigenvalue weighted by Gasteiger charge is -2.19. The molecule has 1 aromatic heterocycles. The highest BCUT2D eigenvalue weighted by Crippen LogP contribution is 2.24. The van der Waals surface area contributed by atoms with Crippen LogP contribution in [0.25, 0.3) is 0 Å². The molecule has 0 saturated carbocycles. The quantitative estimate of drug-likeness (QED) is 0.0856. The van der Waals surface area contributed by atoms with E-state index < -0.39 is 0 Å². The molecule has 0 aliphatic rings. The zero-order chi connectivity index (χ0) is 31.9. The smallest absolute Gasteiger partial charge is 0.305 e. The molecule has 1 N–H and O–H groups in total. The molecule has 0 aliphatic carbocycles. The van der Waals surface area contributed by atoms with Gasteiger partial charge in [-0.05, 0) is 100.0 Å². The van der Waals surface area contributed by atoms with E-state index in [0.717, 1.165) is 80.6 Å². The molecule has 0 aliphatic heterocycles. The third-order valence-electron chi connectivity index (χ3n) is 8.72. The summed E-state index contributed by atoms with van der Waals surface area (Å²) in [4.78, 5) is 25.6. The largest absolute Gasteiger partial charge is 0.466 e. The second kappa shape index (κ2) is 18.0. The van der Waals surface area contributed by atoms with Gasteiger partial charge in [-0.3, -0.25) is 9.59 Å². The summed E-state index contributed by atoms with van der Waals surface area (Å²) in [6, 6.07) is 31.5. The molecule has 0 unspecified atom stereocenters. The van der Waals surface area contributed by atoms with Crippen LogP contribution in [-0.2, 0) is 42.3 Å². The highest BCUT2D eigenvalue weighted by atomic mass is 16.5. The van der Waals surface area contributed by atoms with Crippen LogP contribution >= 0.6 is 0 Å². The van der Waals surface area contributed by atoms with Gasteiger partial charge >= 0.3 is 5.97 Å². The van der Waals surface area contributed by atoms with Crippen molar-refractivity contribution in [1.29, 1.82) is 0 Å². The van der Waals surface area contributed by atoms with Crippen LogP contribution in [0.5, 0.6) is 0 Å². The van der Waals surface area contributed by atoms with E-state index in [0.29, 0.717) is 30.9 Å². The predicted molar refractivity (Wildman–Crippen MR) is 185 cm³/mol. The number of nitrogens with one attached hydrogen (secondary N) is 1. The number of esters is 1. The highest BCUT2D eigenvalue weighted by molar-refractivity contribution is 6.10. The molecule has 0 bridgehead atoms. The molecule has 0 fully saturated rings. The minimum Gasteiger partial charge on any atom is -0.466 e. The lowest BCUT2D eigenvalue weighted by atomic mass is 9.93. The number of carbonyl (C=O) groups is 2. The normalized spacial score (nSPS) is 11.1. The van der Waals surface area contributed by atoms with E-state index in [1.807, 2.05) is 38.2 Å². The fraction of sp³-hybridized carbons (Fsp3) is 0.400. The molecule has 1 heterocycles. The monoisotopic (exact) mass is 606 g/mol. The van der Waals surface area contributed by atoms with Gasteiger partial charge in [-0.1, -0.05) is 79.7 Å². The van der Waals surface area contributed by atoms with Crippen molar-refractivity contribution in [1.82, 2.24) is 4.57 Å². The minimum atomic E-state index is -0.169. The van der Waals surface area contributed by atoms with Crippen LogP contribution in [0.1, 0.15) is 90.8 Å².